The van der Waals surface area contributed by atoms with E-state index in [2.05, 4.69) is 44.3 Å². The maximum absolute atomic E-state index is 13.4. The molecule has 2 N–H and O–H groups in total. The highest BCUT2D eigenvalue weighted by molar-refractivity contribution is 6.17. The number of H-pyrrole nitrogens is 1. The molecule has 4 aromatic rings. The monoisotopic (exact) mass is 530 g/mol. The molecule has 0 spiro atoms. The minimum Gasteiger partial charge on any atom is -0.474 e. The van der Waals surface area contributed by atoms with Crippen LogP contribution in [0.5, 0.6) is 5.88 Å². The van der Waals surface area contributed by atoms with Crippen LogP contribution in [0, 0.1) is 5.82 Å². The zero-order chi connectivity index (χ0) is 26.8. The van der Waals surface area contributed by atoms with Gasteiger partial charge in [-0.25, -0.2) is 4.39 Å². The number of likely N-dealkylation sites (N-methyl/N-ethyl adjacent to an activating group) is 1. The number of carbonyl (C=O) groups excluding carboxylic acids is 1. The molecule has 2 aromatic heterocycles. The Morgan fingerprint density at radius 2 is 1.74 bits per heavy atom. The Kier molecular flexibility index (Phi) is 7.12. The summed E-state index contributed by atoms with van der Waals surface area (Å²) in [5, 5.41) is 3.79. The summed E-state index contributed by atoms with van der Waals surface area (Å²) in [4.78, 5) is 30.5. The third kappa shape index (κ3) is 5.57. The molecule has 0 amide bonds. The zero-order valence-corrected chi connectivity index (χ0v) is 21.8. The van der Waals surface area contributed by atoms with E-state index < -0.39 is 5.82 Å². The smallest absolute Gasteiger partial charge is 0.232 e. The number of nitrogens with zero attached hydrogens (tertiary/aromatic N) is 4. The summed E-state index contributed by atoms with van der Waals surface area (Å²) >= 11 is 0. The Morgan fingerprint density at radius 3 is 2.46 bits per heavy atom. The fourth-order valence-electron chi connectivity index (χ4n) is 4.98. The van der Waals surface area contributed by atoms with Gasteiger partial charge < -0.3 is 29.6 Å². The van der Waals surface area contributed by atoms with E-state index in [0.29, 0.717) is 47.2 Å². The van der Waals surface area contributed by atoms with Crippen molar-refractivity contribution in [2.75, 3.05) is 56.7 Å². The lowest BCUT2D eigenvalue weighted by atomic mass is 10.0. The number of fused-ring (bicyclic) bond motifs is 1. The minimum absolute atomic E-state index is 0.0868. The predicted octanol–water partition coefficient (Wildman–Crippen LogP) is 4.38. The number of aromatic amines is 1. The van der Waals surface area contributed by atoms with Gasteiger partial charge in [0.25, 0.3) is 0 Å². The Hall–Kier alpha value is -4.02. The number of ether oxygens (including phenoxy) is 2. The van der Waals surface area contributed by atoms with Crippen molar-refractivity contribution >= 4 is 34.1 Å². The Balaban J connectivity index is 1.29. The van der Waals surface area contributed by atoms with Crippen molar-refractivity contribution in [3.63, 3.8) is 0 Å². The lowest BCUT2D eigenvalue weighted by molar-refractivity contribution is 0.0244. The van der Waals surface area contributed by atoms with E-state index >= 15 is 0 Å². The molecular formula is C29H31FN6O3. The third-order valence-corrected chi connectivity index (χ3v) is 7.29. The molecule has 0 saturated carbocycles. The first-order valence-electron chi connectivity index (χ1n) is 13.3. The van der Waals surface area contributed by atoms with Gasteiger partial charge in [0, 0.05) is 62.2 Å². The number of piperazine rings is 1. The van der Waals surface area contributed by atoms with E-state index in [0.717, 1.165) is 44.7 Å². The summed E-state index contributed by atoms with van der Waals surface area (Å²) in [5.41, 5.74) is 3.26. The lowest BCUT2D eigenvalue weighted by Gasteiger charge is -2.34. The van der Waals surface area contributed by atoms with Gasteiger partial charge in [-0.2, -0.15) is 9.97 Å². The molecule has 2 aliphatic heterocycles. The van der Waals surface area contributed by atoms with Crippen LogP contribution < -0.4 is 15.0 Å². The van der Waals surface area contributed by atoms with E-state index in [9.17, 15) is 9.18 Å². The van der Waals surface area contributed by atoms with Gasteiger partial charge in [0.05, 0.1) is 24.2 Å². The van der Waals surface area contributed by atoms with Gasteiger partial charge in [0.1, 0.15) is 17.6 Å². The second-order valence-corrected chi connectivity index (χ2v) is 10.0. The predicted molar refractivity (Wildman–Crippen MR) is 148 cm³/mol. The molecule has 0 bridgehead atoms. The van der Waals surface area contributed by atoms with Gasteiger partial charge in [0.2, 0.25) is 11.8 Å². The Bertz CT molecular complexity index is 1440. The Labute approximate surface area is 226 Å². The largest absolute Gasteiger partial charge is 0.474 e. The van der Waals surface area contributed by atoms with E-state index in [1.807, 2.05) is 12.1 Å². The second kappa shape index (κ2) is 11.0. The average Bonchev–Trinajstić information content (AvgIpc) is 3.39. The van der Waals surface area contributed by atoms with Crippen molar-refractivity contribution in [3.05, 3.63) is 71.7 Å². The summed E-state index contributed by atoms with van der Waals surface area (Å²) in [6, 6.07) is 13.7. The fraction of sp³-hybridized carbons (Fsp3) is 0.345. The number of nitrogens with one attached hydrogen (secondary N) is 2. The first-order valence-corrected chi connectivity index (χ1v) is 13.3. The number of benzene rings is 2. The fourth-order valence-corrected chi connectivity index (χ4v) is 4.98. The van der Waals surface area contributed by atoms with Gasteiger partial charge in [-0.1, -0.05) is 0 Å². The molecule has 0 atom stereocenters. The normalized spacial score (nSPS) is 16.9. The topological polar surface area (TPSA) is 95.6 Å². The van der Waals surface area contributed by atoms with Gasteiger partial charge in [-0.3, -0.25) is 4.79 Å². The van der Waals surface area contributed by atoms with Crippen LogP contribution >= 0.6 is 0 Å². The van der Waals surface area contributed by atoms with Crippen LogP contribution in [0.1, 0.15) is 28.8 Å². The van der Waals surface area contributed by atoms with Crippen molar-refractivity contribution in [2.24, 2.45) is 0 Å². The summed E-state index contributed by atoms with van der Waals surface area (Å²) < 4.78 is 25.3. The van der Waals surface area contributed by atoms with Gasteiger partial charge in [0.15, 0.2) is 5.78 Å². The number of ketones is 1. The molecule has 2 aliphatic rings. The summed E-state index contributed by atoms with van der Waals surface area (Å²) in [6.07, 6.45) is 2.98. The number of aromatic nitrogens is 3. The highest BCUT2D eigenvalue weighted by Crippen LogP contribution is 2.32. The van der Waals surface area contributed by atoms with E-state index in [-0.39, 0.29) is 11.9 Å². The molecule has 39 heavy (non-hydrogen) atoms. The molecule has 2 saturated heterocycles. The Morgan fingerprint density at radius 1 is 1.03 bits per heavy atom. The number of rotatable bonds is 7. The van der Waals surface area contributed by atoms with Crippen LogP contribution in [0.4, 0.5) is 21.7 Å². The molecule has 0 radical (unpaired) electrons. The molecule has 2 aromatic carbocycles. The molecule has 0 unspecified atom stereocenters. The zero-order valence-electron chi connectivity index (χ0n) is 21.8. The van der Waals surface area contributed by atoms with Gasteiger partial charge in [-0.05, 0) is 55.6 Å². The summed E-state index contributed by atoms with van der Waals surface area (Å²) in [7, 11) is 2.15. The van der Waals surface area contributed by atoms with Crippen molar-refractivity contribution in [3.8, 4) is 5.88 Å². The van der Waals surface area contributed by atoms with Gasteiger partial charge in [-0.15, -0.1) is 0 Å². The number of hydrogen-bond acceptors (Lipinski definition) is 8. The molecule has 202 valence electrons. The van der Waals surface area contributed by atoms with Crippen LogP contribution in [0.15, 0.2) is 54.7 Å². The third-order valence-electron chi connectivity index (χ3n) is 7.29. The highest BCUT2D eigenvalue weighted by Gasteiger charge is 2.24. The average molecular weight is 531 g/mol. The van der Waals surface area contributed by atoms with Crippen LogP contribution in [0.3, 0.4) is 0 Å². The number of hydrogen-bond donors (Lipinski definition) is 2. The van der Waals surface area contributed by atoms with Crippen molar-refractivity contribution in [2.45, 2.75) is 18.9 Å². The van der Waals surface area contributed by atoms with Crippen LogP contribution in [0.25, 0.3) is 11.0 Å². The maximum Gasteiger partial charge on any atom is 0.232 e. The number of carbonyl (C=O) groups is 1. The van der Waals surface area contributed by atoms with Crippen LogP contribution in [0.2, 0.25) is 0 Å². The molecule has 2 fully saturated rings. The molecular weight excluding hydrogens is 499 g/mol. The van der Waals surface area contributed by atoms with E-state index in [1.54, 1.807) is 6.20 Å². The first kappa shape index (κ1) is 25.3. The van der Waals surface area contributed by atoms with Crippen molar-refractivity contribution in [1.82, 2.24) is 19.9 Å². The van der Waals surface area contributed by atoms with E-state index in [1.165, 1.54) is 30.0 Å². The molecule has 9 nitrogen and oxygen atoms in total. The molecule has 10 heteroatoms. The van der Waals surface area contributed by atoms with Crippen molar-refractivity contribution < 1.29 is 18.7 Å². The molecule has 6 rings (SSSR count). The van der Waals surface area contributed by atoms with Gasteiger partial charge >= 0.3 is 0 Å². The van der Waals surface area contributed by atoms with E-state index in [4.69, 9.17) is 14.5 Å². The van der Waals surface area contributed by atoms with Crippen LogP contribution in [-0.4, -0.2) is 78.2 Å². The SMILES string of the molecule is CN1CCN(c2ccc(Nc3nc(OC4CCOCC4)c4c(C(=O)c5ccc(F)cc5)c[nH]c4n3)cc2)CC1. The minimum atomic E-state index is -0.398. The quantitative estimate of drug-likeness (QED) is 0.340. The summed E-state index contributed by atoms with van der Waals surface area (Å²) in [5.74, 6) is 0.0289. The first-order chi connectivity index (χ1) is 19.0. The maximum atomic E-state index is 13.4. The molecule has 0 aliphatic carbocycles. The standard InChI is InChI=1S/C29H31FN6O3/c1-35-12-14-36(15-13-35)22-8-6-21(7-9-22)32-29-33-27-25(28(34-29)39-23-10-16-38-17-11-23)24(18-31-27)26(37)19-2-4-20(30)5-3-19/h2-9,18,23H,10-17H2,1H3,(H2,31,32,33,34). The second-order valence-electron chi connectivity index (χ2n) is 10.0. The highest BCUT2D eigenvalue weighted by atomic mass is 19.1. The summed E-state index contributed by atoms with van der Waals surface area (Å²) in [6.45, 7) is 5.32. The number of anilines is 3. The number of halogens is 1. The lowest BCUT2D eigenvalue weighted by Crippen LogP contribution is -2.44. The van der Waals surface area contributed by atoms with Crippen LogP contribution in [-0.2, 0) is 4.74 Å². The molecule has 4 heterocycles. The van der Waals surface area contributed by atoms with Crippen molar-refractivity contribution in [1.29, 1.82) is 0 Å².